The van der Waals surface area contributed by atoms with E-state index in [-0.39, 0.29) is 36.4 Å². The molecule has 0 aliphatic carbocycles. The molecule has 0 unspecified atom stereocenters. The number of benzene rings is 2. The Morgan fingerprint density at radius 3 is 2.27 bits per heavy atom. The van der Waals surface area contributed by atoms with Crippen molar-refractivity contribution in [1.29, 1.82) is 0 Å². The van der Waals surface area contributed by atoms with Crippen molar-refractivity contribution in [2.45, 2.75) is 32.7 Å². The first-order chi connectivity index (χ1) is 15.5. The second-order valence-electron chi connectivity index (χ2n) is 8.14. The van der Waals surface area contributed by atoms with Gasteiger partial charge in [-0.2, -0.15) is 0 Å². The predicted octanol–water partition coefficient (Wildman–Crippen LogP) is 2.94. The number of halogens is 1. The lowest BCUT2D eigenvalue weighted by molar-refractivity contribution is -0.117. The third kappa shape index (κ3) is 8.68. The van der Waals surface area contributed by atoms with E-state index in [0.29, 0.717) is 18.0 Å². The van der Waals surface area contributed by atoms with E-state index in [2.05, 4.69) is 52.8 Å². The fourth-order valence-electron chi connectivity index (χ4n) is 3.92. The highest BCUT2D eigenvalue weighted by molar-refractivity contribution is 14.0. The molecule has 2 aromatic rings. The minimum Gasteiger partial charge on any atom is -0.368 e. The Kier molecular flexibility index (Phi) is 11.2. The maximum absolute atomic E-state index is 12.0. The monoisotopic (exact) mass is 563 g/mol. The third-order valence-corrected chi connectivity index (χ3v) is 5.67. The van der Waals surface area contributed by atoms with E-state index < -0.39 is 5.91 Å². The molecule has 1 fully saturated rings. The molecule has 1 heterocycles. The van der Waals surface area contributed by atoms with Gasteiger partial charge in [0.2, 0.25) is 5.91 Å². The van der Waals surface area contributed by atoms with Crippen LogP contribution in [0.2, 0.25) is 0 Å². The summed E-state index contributed by atoms with van der Waals surface area (Å²) in [5.74, 6) is 0.772. The number of nitrogens with zero attached hydrogens (tertiary/aromatic N) is 2. The van der Waals surface area contributed by atoms with Crippen LogP contribution < -0.4 is 16.4 Å². The van der Waals surface area contributed by atoms with E-state index in [1.54, 1.807) is 12.1 Å². The van der Waals surface area contributed by atoms with Gasteiger partial charge < -0.3 is 21.3 Å². The SMILES string of the molecule is CCNC(=NCc1ccc(C(=O)NCC(N)=O)cc1)N1CCC(Cc2ccccc2)CC1.I. The number of guanidine groups is 1. The van der Waals surface area contributed by atoms with Gasteiger partial charge in [-0.1, -0.05) is 42.5 Å². The topological polar surface area (TPSA) is 99.8 Å². The first kappa shape index (κ1) is 26.6. The van der Waals surface area contributed by atoms with Gasteiger partial charge in [0.15, 0.2) is 5.96 Å². The van der Waals surface area contributed by atoms with E-state index in [0.717, 1.165) is 50.4 Å². The van der Waals surface area contributed by atoms with Crippen LogP contribution >= 0.6 is 24.0 Å². The molecule has 8 heteroatoms. The summed E-state index contributed by atoms with van der Waals surface area (Å²) in [6.45, 7) is 5.28. The summed E-state index contributed by atoms with van der Waals surface area (Å²) < 4.78 is 0. The number of carbonyl (C=O) groups excluding carboxylic acids is 2. The molecule has 4 N–H and O–H groups in total. The fourth-order valence-corrected chi connectivity index (χ4v) is 3.92. The van der Waals surface area contributed by atoms with Gasteiger partial charge in [0.1, 0.15) is 0 Å². The van der Waals surface area contributed by atoms with Gasteiger partial charge in [-0.15, -0.1) is 24.0 Å². The summed E-state index contributed by atoms with van der Waals surface area (Å²) in [7, 11) is 0. The fraction of sp³-hybridized carbons (Fsp3) is 0.400. The van der Waals surface area contributed by atoms with Gasteiger partial charge in [-0.3, -0.25) is 9.59 Å². The van der Waals surface area contributed by atoms with Crippen LogP contribution in [0.15, 0.2) is 59.6 Å². The van der Waals surface area contributed by atoms with E-state index >= 15 is 0 Å². The Bertz CT molecular complexity index is 910. The zero-order valence-electron chi connectivity index (χ0n) is 19.1. The Morgan fingerprint density at radius 1 is 1.00 bits per heavy atom. The summed E-state index contributed by atoms with van der Waals surface area (Å²) in [6.07, 6.45) is 3.46. The highest BCUT2D eigenvalue weighted by Crippen LogP contribution is 2.22. The number of rotatable bonds is 8. The molecule has 33 heavy (non-hydrogen) atoms. The Hall–Kier alpha value is -2.62. The number of nitrogens with one attached hydrogen (secondary N) is 2. The number of primary amides is 1. The van der Waals surface area contributed by atoms with E-state index in [4.69, 9.17) is 10.7 Å². The summed E-state index contributed by atoms with van der Waals surface area (Å²) in [6, 6.07) is 18.0. The number of aliphatic imine (C=N–C) groups is 1. The minimum absolute atomic E-state index is 0. The molecule has 0 radical (unpaired) electrons. The van der Waals surface area contributed by atoms with Gasteiger partial charge >= 0.3 is 0 Å². The minimum atomic E-state index is -0.565. The van der Waals surface area contributed by atoms with Crippen molar-refractivity contribution in [3.63, 3.8) is 0 Å². The number of hydrogen-bond acceptors (Lipinski definition) is 3. The van der Waals surface area contributed by atoms with Crippen LogP contribution in [-0.4, -0.2) is 48.9 Å². The lowest BCUT2D eigenvalue weighted by atomic mass is 9.90. The van der Waals surface area contributed by atoms with Crippen molar-refractivity contribution in [2.24, 2.45) is 16.6 Å². The lowest BCUT2D eigenvalue weighted by Crippen LogP contribution is -2.45. The smallest absolute Gasteiger partial charge is 0.251 e. The van der Waals surface area contributed by atoms with Crippen molar-refractivity contribution in [2.75, 3.05) is 26.2 Å². The van der Waals surface area contributed by atoms with Crippen molar-refractivity contribution >= 4 is 41.8 Å². The molecule has 1 saturated heterocycles. The van der Waals surface area contributed by atoms with Crippen molar-refractivity contribution in [1.82, 2.24) is 15.5 Å². The number of nitrogens with two attached hydrogens (primary N) is 1. The largest absolute Gasteiger partial charge is 0.368 e. The van der Waals surface area contributed by atoms with Crippen LogP contribution in [0.1, 0.15) is 41.3 Å². The van der Waals surface area contributed by atoms with Gasteiger partial charge in [0.25, 0.3) is 5.91 Å². The highest BCUT2D eigenvalue weighted by atomic mass is 127. The molecule has 0 bridgehead atoms. The summed E-state index contributed by atoms with van der Waals surface area (Å²) >= 11 is 0. The lowest BCUT2D eigenvalue weighted by Gasteiger charge is -2.34. The Labute approximate surface area is 213 Å². The number of carbonyl (C=O) groups is 2. The molecular weight excluding hydrogens is 529 g/mol. The first-order valence-corrected chi connectivity index (χ1v) is 11.3. The molecule has 178 valence electrons. The average molecular weight is 563 g/mol. The molecule has 1 aliphatic heterocycles. The van der Waals surface area contributed by atoms with Crippen molar-refractivity contribution in [3.8, 4) is 0 Å². The molecule has 0 spiro atoms. The van der Waals surface area contributed by atoms with Crippen LogP contribution in [-0.2, 0) is 17.8 Å². The molecule has 0 aromatic heterocycles. The van der Waals surface area contributed by atoms with Crippen LogP contribution in [0, 0.1) is 5.92 Å². The zero-order valence-corrected chi connectivity index (χ0v) is 21.5. The molecule has 2 aromatic carbocycles. The Morgan fingerprint density at radius 2 is 1.67 bits per heavy atom. The quantitative estimate of drug-likeness (QED) is 0.261. The van der Waals surface area contributed by atoms with Crippen molar-refractivity contribution in [3.05, 3.63) is 71.3 Å². The molecular formula is C25H34IN5O2. The molecule has 1 aliphatic rings. The third-order valence-electron chi connectivity index (χ3n) is 5.67. The van der Waals surface area contributed by atoms with Crippen LogP contribution in [0.5, 0.6) is 0 Å². The average Bonchev–Trinajstić information content (AvgIpc) is 2.82. The van der Waals surface area contributed by atoms with Gasteiger partial charge in [0.05, 0.1) is 13.1 Å². The van der Waals surface area contributed by atoms with Crippen LogP contribution in [0.3, 0.4) is 0 Å². The first-order valence-electron chi connectivity index (χ1n) is 11.3. The second kappa shape index (κ2) is 13.8. The standard InChI is InChI=1S/C25H33N5O2.HI/c1-2-27-25(30-14-12-20(13-15-30)16-19-6-4-3-5-7-19)29-17-21-8-10-22(11-9-21)24(32)28-18-23(26)31;/h3-11,20H,2,12-18H2,1H3,(H2,26,31)(H,27,29)(H,28,32);1H. The van der Waals surface area contributed by atoms with Gasteiger partial charge in [-0.05, 0) is 55.4 Å². The molecule has 0 atom stereocenters. The Balaban J connectivity index is 0.00000385. The number of likely N-dealkylation sites (tertiary alicyclic amines) is 1. The maximum atomic E-state index is 12.0. The van der Waals surface area contributed by atoms with E-state index in [1.165, 1.54) is 5.56 Å². The normalized spacial score (nSPS) is 14.3. The van der Waals surface area contributed by atoms with Crippen molar-refractivity contribution < 1.29 is 9.59 Å². The van der Waals surface area contributed by atoms with Gasteiger partial charge in [0, 0.05) is 25.2 Å². The number of amides is 2. The number of piperidine rings is 1. The summed E-state index contributed by atoms with van der Waals surface area (Å²) in [4.78, 5) is 30.0. The summed E-state index contributed by atoms with van der Waals surface area (Å²) in [5, 5.41) is 5.90. The molecule has 2 amide bonds. The molecule has 7 nitrogen and oxygen atoms in total. The highest BCUT2D eigenvalue weighted by Gasteiger charge is 2.21. The number of hydrogen-bond donors (Lipinski definition) is 3. The van der Waals surface area contributed by atoms with E-state index in [9.17, 15) is 9.59 Å². The maximum Gasteiger partial charge on any atom is 0.251 e. The predicted molar refractivity (Wildman–Crippen MR) is 143 cm³/mol. The van der Waals surface area contributed by atoms with Crippen LogP contribution in [0.25, 0.3) is 0 Å². The molecule has 3 rings (SSSR count). The zero-order chi connectivity index (χ0) is 22.8. The second-order valence-corrected chi connectivity index (χ2v) is 8.14. The van der Waals surface area contributed by atoms with Gasteiger partial charge in [-0.25, -0.2) is 4.99 Å². The van der Waals surface area contributed by atoms with Crippen LogP contribution in [0.4, 0.5) is 0 Å². The molecule has 0 saturated carbocycles. The summed E-state index contributed by atoms with van der Waals surface area (Å²) in [5.41, 5.74) is 7.99. The van der Waals surface area contributed by atoms with E-state index in [1.807, 2.05) is 12.1 Å².